The van der Waals surface area contributed by atoms with Gasteiger partial charge in [-0.25, -0.2) is 0 Å². The minimum absolute atomic E-state index is 0.135. The van der Waals surface area contributed by atoms with Gasteiger partial charge in [0.1, 0.15) is 17.6 Å². The lowest BCUT2D eigenvalue weighted by Gasteiger charge is -2.29. The molecule has 1 fully saturated rings. The van der Waals surface area contributed by atoms with Crippen LogP contribution in [0.1, 0.15) is 48.0 Å². The molecule has 1 aromatic carbocycles. The molecule has 3 heterocycles. The smallest absolute Gasteiger partial charge is 0.161 e. The van der Waals surface area contributed by atoms with Crippen molar-refractivity contribution in [3.05, 3.63) is 46.9 Å². The normalized spacial score (nSPS) is 20.6. The van der Waals surface area contributed by atoms with E-state index in [1.807, 2.05) is 0 Å². The molecule has 2 aliphatic rings. The van der Waals surface area contributed by atoms with E-state index in [2.05, 4.69) is 29.2 Å². The van der Waals surface area contributed by atoms with Crippen LogP contribution in [0.4, 0.5) is 0 Å². The standard InChI is InChI=1S/C21H27NO4/c1-23-20-11-15-8-9-22(13-16(15)12-21(20)24-2)14-17-6-7-19(26-17)18-5-3-4-10-25-18/h6-7,11-12,18H,3-5,8-10,13-14H2,1-2H3. The zero-order valence-corrected chi connectivity index (χ0v) is 15.6. The summed E-state index contributed by atoms with van der Waals surface area (Å²) >= 11 is 0. The van der Waals surface area contributed by atoms with Gasteiger partial charge in [0, 0.05) is 19.7 Å². The number of ether oxygens (including phenoxy) is 3. The Morgan fingerprint density at radius 1 is 1.08 bits per heavy atom. The van der Waals surface area contributed by atoms with Gasteiger partial charge in [0.2, 0.25) is 0 Å². The fourth-order valence-electron chi connectivity index (χ4n) is 3.91. The Kier molecular flexibility index (Phi) is 5.18. The van der Waals surface area contributed by atoms with Crippen molar-refractivity contribution in [1.29, 1.82) is 0 Å². The largest absolute Gasteiger partial charge is 0.493 e. The number of hydrogen-bond donors (Lipinski definition) is 0. The third kappa shape index (κ3) is 3.60. The molecule has 1 unspecified atom stereocenters. The first-order valence-corrected chi connectivity index (χ1v) is 9.43. The van der Waals surface area contributed by atoms with Gasteiger partial charge < -0.3 is 18.6 Å². The van der Waals surface area contributed by atoms with Crippen LogP contribution in [0.3, 0.4) is 0 Å². The summed E-state index contributed by atoms with van der Waals surface area (Å²) in [6, 6.07) is 8.38. The van der Waals surface area contributed by atoms with Gasteiger partial charge in [-0.1, -0.05) is 0 Å². The average molecular weight is 357 g/mol. The van der Waals surface area contributed by atoms with Gasteiger partial charge in [0.05, 0.1) is 20.8 Å². The third-order valence-corrected chi connectivity index (χ3v) is 5.36. The van der Waals surface area contributed by atoms with Crippen molar-refractivity contribution in [1.82, 2.24) is 4.90 Å². The van der Waals surface area contributed by atoms with Crippen molar-refractivity contribution in [2.45, 2.75) is 44.9 Å². The minimum Gasteiger partial charge on any atom is -0.493 e. The monoisotopic (exact) mass is 357 g/mol. The maximum absolute atomic E-state index is 6.08. The van der Waals surface area contributed by atoms with E-state index in [0.29, 0.717) is 0 Å². The topological polar surface area (TPSA) is 44.1 Å². The van der Waals surface area contributed by atoms with Crippen LogP contribution in [0.5, 0.6) is 11.5 Å². The SMILES string of the molecule is COc1cc2c(cc1OC)CN(Cc1ccc(C3CCCCO3)o1)CC2. The zero-order chi connectivity index (χ0) is 17.9. The van der Waals surface area contributed by atoms with Gasteiger partial charge in [-0.3, -0.25) is 4.90 Å². The van der Waals surface area contributed by atoms with Crippen molar-refractivity contribution in [2.75, 3.05) is 27.4 Å². The summed E-state index contributed by atoms with van der Waals surface area (Å²) < 4.78 is 22.8. The molecule has 2 aromatic rings. The van der Waals surface area contributed by atoms with Gasteiger partial charge in [-0.15, -0.1) is 0 Å². The lowest BCUT2D eigenvalue weighted by Crippen LogP contribution is -2.30. The van der Waals surface area contributed by atoms with Gasteiger partial charge in [0.25, 0.3) is 0 Å². The highest BCUT2D eigenvalue weighted by Gasteiger charge is 2.22. The summed E-state index contributed by atoms with van der Waals surface area (Å²) in [7, 11) is 3.37. The molecule has 5 heteroatoms. The molecule has 0 N–H and O–H groups in total. The highest BCUT2D eigenvalue weighted by molar-refractivity contribution is 5.48. The minimum atomic E-state index is 0.135. The summed E-state index contributed by atoms with van der Waals surface area (Å²) in [5.74, 6) is 3.59. The Balaban J connectivity index is 1.43. The van der Waals surface area contributed by atoms with Crippen molar-refractivity contribution >= 4 is 0 Å². The fraction of sp³-hybridized carbons (Fsp3) is 0.524. The zero-order valence-electron chi connectivity index (χ0n) is 15.6. The molecule has 0 spiro atoms. The summed E-state index contributed by atoms with van der Waals surface area (Å²) in [6.45, 7) is 3.57. The lowest BCUT2D eigenvalue weighted by molar-refractivity contribution is 0.000800. The first-order chi connectivity index (χ1) is 12.8. The van der Waals surface area contributed by atoms with E-state index in [-0.39, 0.29) is 6.10 Å². The van der Waals surface area contributed by atoms with Crippen LogP contribution in [0.15, 0.2) is 28.7 Å². The van der Waals surface area contributed by atoms with Crippen LogP contribution in [-0.2, 0) is 24.2 Å². The fourth-order valence-corrected chi connectivity index (χ4v) is 3.91. The molecule has 0 saturated carbocycles. The Labute approximate surface area is 154 Å². The van der Waals surface area contributed by atoms with E-state index >= 15 is 0 Å². The number of rotatable bonds is 5. The van der Waals surface area contributed by atoms with Gasteiger partial charge >= 0.3 is 0 Å². The van der Waals surface area contributed by atoms with Crippen LogP contribution >= 0.6 is 0 Å². The molecule has 0 aliphatic carbocycles. The summed E-state index contributed by atoms with van der Waals surface area (Å²) in [5.41, 5.74) is 2.64. The Morgan fingerprint density at radius 3 is 2.62 bits per heavy atom. The number of hydrogen-bond acceptors (Lipinski definition) is 5. The second-order valence-electron chi connectivity index (χ2n) is 7.10. The first-order valence-electron chi connectivity index (χ1n) is 9.43. The second kappa shape index (κ2) is 7.72. The lowest BCUT2D eigenvalue weighted by atomic mass is 9.98. The predicted molar refractivity (Wildman–Crippen MR) is 98.6 cm³/mol. The first kappa shape index (κ1) is 17.4. The van der Waals surface area contributed by atoms with E-state index in [0.717, 1.165) is 68.5 Å². The predicted octanol–water partition coefficient (Wildman–Crippen LogP) is 4.10. The average Bonchev–Trinajstić information content (AvgIpc) is 3.16. The molecule has 4 rings (SSSR count). The Bertz CT molecular complexity index is 748. The van der Waals surface area contributed by atoms with Crippen LogP contribution in [0.2, 0.25) is 0 Å². The van der Waals surface area contributed by atoms with E-state index in [4.69, 9.17) is 18.6 Å². The molecular formula is C21H27NO4. The van der Waals surface area contributed by atoms with E-state index < -0.39 is 0 Å². The van der Waals surface area contributed by atoms with Crippen molar-refractivity contribution in [2.24, 2.45) is 0 Å². The Hall–Kier alpha value is -1.98. The number of nitrogens with zero attached hydrogens (tertiary/aromatic N) is 1. The molecule has 1 saturated heterocycles. The molecule has 140 valence electrons. The summed E-state index contributed by atoms with van der Waals surface area (Å²) in [6.07, 6.45) is 4.58. The summed E-state index contributed by atoms with van der Waals surface area (Å²) in [4.78, 5) is 2.42. The van der Waals surface area contributed by atoms with Crippen LogP contribution in [-0.4, -0.2) is 32.3 Å². The van der Waals surface area contributed by atoms with Crippen LogP contribution in [0, 0.1) is 0 Å². The molecule has 26 heavy (non-hydrogen) atoms. The Morgan fingerprint density at radius 2 is 1.88 bits per heavy atom. The molecule has 0 bridgehead atoms. The third-order valence-electron chi connectivity index (χ3n) is 5.36. The molecule has 1 atom stereocenters. The van der Waals surface area contributed by atoms with Gasteiger partial charge in [-0.05, 0) is 61.1 Å². The van der Waals surface area contributed by atoms with Gasteiger partial charge in [-0.2, -0.15) is 0 Å². The highest BCUT2D eigenvalue weighted by atomic mass is 16.5. The maximum Gasteiger partial charge on any atom is 0.161 e. The number of fused-ring (bicyclic) bond motifs is 1. The molecule has 0 radical (unpaired) electrons. The molecular weight excluding hydrogens is 330 g/mol. The number of benzene rings is 1. The van der Waals surface area contributed by atoms with E-state index in [1.54, 1.807) is 14.2 Å². The van der Waals surface area contributed by atoms with Crippen LogP contribution in [0.25, 0.3) is 0 Å². The van der Waals surface area contributed by atoms with Gasteiger partial charge in [0.15, 0.2) is 11.5 Å². The highest BCUT2D eigenvalue weighted by Crippen LogP contribution is 2.34. The molecule has 1 aromatic heterocycles. The number of methoxy groups -OCH3 is 2. The summed E-state index contributed by atoms with van der Waals surface area (Å²) in [5, 5.41) is 0. The van der Waals surface area contributed by atoms with Crippen molar-refractivity contribution < 1.29 is 18.6 Å². The molecule has 5 nitrogen and oxygen atoms in total. The number of furan rings is 1. The maximum atomic E-state index is 6.08. The molecule has 2 aliphatic heterocycles. The van der Waals surface area contributed by atoms with Crippen molar-refractivity contribution in [3.63, 3.8) is 0 Å². The quantitative estimate of drug-likeness (QED) is 0.806. The van der Waals surface area contributed by atoms with Crippen LogP contribution < -0.4 is 9.47 Å². The van der Waals surface area contributed by atoms with E-state index in [1.165, 1.54) is 17.5 Å². The second-order valence-corrected chi connectivity index (χ2v) is 7.10. The molecule has 0 amide bonds. The van der Waals surface area contributed by atoms with E-state index in [9.17, 15) is 0 Å². The van der Waals surface area contributed by atoms with Crippen molar-refractivity contribution in [3.8, 4) is 11.5 Å².